The molecule has 0 aliphatic rings. The molecule has 2 aromatic rings. The summed E-state index contributed by atoms with van der Waals surface area (Å²) < 4.78 is 0. The van der Waals surface area contributed by atoms with Gasteiger partial charge >= 0.3 is 5.97 Å². The number of carbonyl (C=O) groups is 3. The molecule has 0 radical (unpaired) electrons. The maximum atomic E-state index is 12.1. The van der Waals surface area contributed by atoms with Crippen molar-refractivity contribution in [3.05, 3.63) is 47.5 Å². The number of nitrogens with zero attached hydrogens (tertiary/aromatic N) is 1. The summed E-state index contributed by atoms with van der Waals surface area (Å²) >= 11 is 0. The number of aromatic carboxylic acids is 1. The molecule has 1 aromatic carbocycles. The molecule has 3 N–H and O–H groups in total. The highest BCUT2D eigenvalue weighted by molar-refractivity contribution is 6.12. The second-order valence-electron chi connectivity index (χ2n) is 4.02. The highest BCUT2D eigenvalue weighted by atomic mass is 16.4. The number of carbonyl (C=O) groups excluding carboxylic acids is 2. The number of benzene rings is 1. The van der Waals surface area contributed by atoms with Crippen LogP contribution in [0.4, 0.5) is 5.69 Å². The molecule has 0 bridgehead atoms. The molecule has 1 aromatic heterocycles. The third-order valence-electron chi connectivity index (χ3n) is 2.54. The first kappa shape index (κ1) is 13.5. The number of anilines is 1. The lowest BCUT2D eigenvalue weighted by molar-refractivity contribution is -0.114. The van der Waals surface area contributed by atoms with E-state index in [-0.39, 0.29) is 22.9 Å². The van der Waals surface area contributed by atoms with Gasteiger partial charge in [0, 0.05) is 18.2 Å². The van der Waals surface area contributed by atoms with Crippen LogP contribution in [0.1, 0.15) is 33.5 Å². The quantitative estimate of drug-likeness (QED) is 0.727. The van der Waals surface area contributed by atoms with Gasteiger partial charge in [0.1, 0.15) is 5.69 Å². The smallest absolute Gasteiger partial charge is 0.354 e. The Labute approximate surface area is 113 Å². The van der Waals surface area contributed by atoms with Crippen molar-refractivity contribution in [1.29, 1.82) is 0 Å². The molecule has 0 aliphatic carbocycles. The van der Waals surface area contributed by atoms with Gasteiger partial charge in [0.25, 0.3) is 0 Å². The van der Waals surface area contributed by atoms with Crippen molar-refractivity contribution in [3.63, 3.8) is 0 Å². The number of rotatable bonds is 4. The molecular formula is C13H11N3O4. The first-order valence-corrected chi connectivity index (χ1v) is 5.68. The average molecular weight is 273 g/mol. The van der Waals surface area contributed by atoms with Crippen molar-refractivity contribution >= 4 is 23.3 Å². The number of amides is 1. The molecule has 0 atom stereocenters. The van der Waals surface area contributed by atoms with Gasteiger partial charge in [-0.25, -0.2) is 9.78 Å². The first-order valence-electron chi connectivity index (χ1n) is 5.68. The van der Waals surface area contributed by atoms with E-state index in [9.17, 15) is 14.4 Å². The summed E-state index contributed by atoms with van der Waals surface area (Å²) in [5.41, 5.74) is 0.439. The zero-order valence-corrected chi connectivity index (χ0v) is 10.5. The highest BCUT2D eigenvalue weighted by Crippen LogP contribution is 2.14. The van der Waals surface area contributed by atoms with Crippen LogP contribution >= 0.6 is 0 Å². The third-order valence-corrected chi connectivity index (χ3v) is 2.54. The summed E-state index contributed by atoms with van der Waals surface area (Å²) in [7, 11) is 0. The van der Waals surface area contributed by atoms with Crippen LogP contribution in [-0.4, -0.2) is 32.7 Å². The van der Waals surface area contributed by atoms with E-state index in [1.54, 1.807) is 12.1 Å². The molecule has 1 heterocycles. The number of hydrogen-bond acceptors (Lipinski definition) is 4. The van der Waals surface area contributed by atoms with E-state index in [0.717, 1.165) is 6.33 Å². The molecule has 7 nitrogen and oxygen atoms in total. The van der Waals surface area contributed by atoms with Crippen LogP contribution in [0.25, 0.3) is 0 Å². The van der Waals surface area contributed by atoms with E-state index in [2.05, 4.69) is 15.3 Å². The van der Waals surface area contributed by atoms with Crippen molar-refractivity contribution in [2.24, 2.45) is 0 Å². The molecule has 0 fully saturated rings. The van der Waals surface area contributed by atoms with Gasteiger partial charge in [0.15, 0.2) is 5.69 Å². The highest BCUT2D eigenvalue weighted by Gasteiger charge is 2.20. The molecule has 2 rings (SSSR count). The molecule has 0 aliphatic heterocycles. The summed E-state index contributed by atoms with van der Waals surface area (Å²) in [6, 6.07) is 6.10. The second-order valence-corrected chi connectivity index (χ2v) is 4.02. The Hall–Kier alpha value is -2.96. The van der Waals surface area contributed by atoms with E-state index >= 15 is 0 Å². The zero-order valence-electron chi connectivity index (χ0n) is 10.5. The van der Waals surface area contributed by atoms with Gasteiger partial charge in [-0.15, -0.1) is 0 Å². The maximum Gasteiger partial charge on any atom is 0.354 e. The Morgan fingerprint density at radius 1 is 1.20 bits per heavy atom. The molecule has 0 spiro atoms. The van der Waals surface area contributed by atoms with E-state index in [1.165, 1.54) is 19.1 Å². The molecule has 0 unspecified atom stereocenters. The zero-order chi connectivity index (χ0) is 14.7. The van der Waals surface area contributed by atoms with Crippen molar-refractivity contribution in [2.45, 2.75) is 6.92 Å². The largest absolute Gasteiger partial charge is 0.477 e. The van der Waals surface area contributed by atoms with Gasteiger partial charge in [-0.3, -0.25) is 9.59 Å². The fourth-order valence-corrected chi connectivity index (χ4v) is 1.67. The number of nitrogens with one attached hydrogen (secondary N) is 2. The number of hydrogen-bond donors (Lipinski definition) is 3. The van der Waals surface area contributed by atoms with Crippen molar-refractivity contribution in [2.75, 3.05) is 5.32 Å². The molecule has 0 saturated heterocycles. The summed E-state index contributed by atoms with van der Waals surface area (Å²) in [5.74, 6) is -1.97. The maximum absolute atomic E-state index is 12.1. The van der Waals surface area contributed by atoms with Crippen molar-refractivity contribution in [1.82, 2.24) is 9.97 Å². The van der Waals surface area contributed by atoms with Crippen molar-refractivity contribution < 1.29 is 19.5 Å². The normalized spacial score (nSPS) is 10.1. The number of aromatic amines is 1. The SMILES string of the molecule is CC(=O)Nc1ccc(C(=O)c2nc[nH]c2C(=O)O)cc1. The van der Waals surface area contributed by atoms with Crippen LogP contribution in [0, 0.1) is 0 Å². The minimum Gasteiger partial charge on any atom is -0.477 e. The lowest BCUT2D eigenvalue weighted by atomic mass is 10.1. The van der Waals surface area contributed by atoms with Gasteiger partial charge in [-0.1, -0.05) is 0 Å². The number of ketones is 1. The van der Waals surface area contributed by atoms with Gasteiger partial charge < -0.3 is 15.4 Å². The number of carboxylic acids is 1. The van der Waals surface area contributed by atoms with E-state index in [0.29, 0.717) is 5.69 Å². The lowest BCUT2D eigenvalue weighted by Crippen LogP contribution is -2.10. The van der Waals surface area contributed by atoms with Gasteiger partial charge in [0.05, 0.1) is 6.33 Å². The number of aromatic nitrogens is 2. The van der Waals surface area contributed by atoms with Crippen LogP contribution in [0.5, 0.6) is 0 Å². The monoisotopic (exact) mass is 273 g/mol. The fourth-order valence-electron chi connectivity index (χ4n) is 1.67. The predicted molar refractivity (Wildman–Crippen MR) is 69.7 cm³/mol. The Morgan fingerprint density at radius 3 is 2.40 bits per heavy atom. The molecule has 102 valence electrons. The standard InChI is InChI=1S/C13H11N3O4/c1-7(17)16-9-4-2-8(3-5-9)12(18)10-11(13(19)20)15-6-14-10/h2-6H,1H3,(H,14,15)(H,16,17)(H,19,20). The minimum absolute atomic E-state index is 0.148. The molecule has 7 heteroatoms. The Morgan fingerprint density at radius 2 is 1.85 bits per heavy atom. The summed E-state index contributed by atoms with van der Waals surface area (Å²) in [4.78, 5) is 40.1. The third kappa shape index (κ3) is 2.72. The molecule has 20 heavy (non-hydrogen) atoms. The molecule has 0 saturated carbocycles. The fraction of sp³-hybridized carbons (Fsp3) is 0.0769. The van der Waals surface area contributed by atoms with Crippen LogP contribution in [0.15, 0.2) is 30.6 Å². The van der Waals surface area contributed by atoms with E-state index in [1.807, 2.05) is 0 Å². The summed E-state index contributed by atoms with van der Waals surface area (Å²) in [6.07, 6.45) is 1.16. The number of carboxylic acid groups (broad SMARTS) is 1. The first-order chi connectivity index (χ1) is 9.49. The summed E-state index contributed by atoms with van der Waals surface area (Å²) in [5, 5.41) is 11.5. The van der Waals surface area contributed by atoms with Crippen molar-refractivity contribution in [3.8, 4) is 0 Å². The average Bonchev–Trinajstić information content (AvgIpc) is 2.87. The van der Waals surface area contributed by atoms with E-state index < -0.39 is 11.8 Å². The second kappa shape index (κ2) is 5.35. The minimum atomic E-state index is -1.25. The number of H-pyrrole nitrogens is 1. The van der Waals surface area contributed by atoms with Crippen LogP contribution in [-0.2, 0) is 4.79 Å². The predicted octanol–water partition coefficient (Wildman–Crippen LogP) is 1.30. The Kier molecular flexibility index (Phi) is 3.60. The number of imidazole rings is 1. The van der Waals surface area contributed by atoms with Crippen LogP contribution in [0.2, 0.25) is 0 Å². The Balaban J connectivity index is 2.27. The molecular weight excluding hydrogens is 262 g/mol. The molecule has 1 amide bonds. The lowest BCUT2D eigenvalue weighted by Gasteiger charge is -2.03. The van der Waals surface area contributed by atoms with Gasteiger partial charge in [-0.2, -0.15) is 0 Å². The van der Waals surface area contributed by atoms with Crippen LogP contribution in [0.3, 0.4) is 0 Å². The summed E-state index contributed by atoms with van der Waals surface area (Å²) in [6.45, 7) is 1.38. The van der Waals surface area contributed by atoms with Gasteiger partial charge in [0.2, 0.25) is 11.7 Å². The van der Waals surface area contributed by atoms with E-state index in [4.69, 9.17) is 5.11 Å². The Bertz CT molecular complexity index is 673. The van der Waals surface area contributed by atoms with Crippen LogP contribution < -0.4 is 5.32 Å². The topological polar surface area (TPSA) is 112 Å². The van der Waals surface area contributed by atoms with Gasteiger partial charge in [-0.05, 0) is 24.3 Å².